The van der Waals surface area contributed by atoms with Crippen LogP contribution in [0, 0.1) is 0 Å². The van der Waals surface area contributed by atoms with Crippen LogP contribution in [-0.2, 0) is 0 Å². The topological polar surface area (TPSA) is 67.1 Å². The van der Waals surface area contributed by atoms with Crippen molar-refractivity contribution in [3.63, 3.8) is 0 Å². The zero-order valence-corrected chi connectivity index (χ0v) is 12.0. The molecule has 0 aromatic carbocycles. The van der Waals surface area contributed by atoms with E-state index in [1.807, 2.05) is 4.90 Å². The van der Waals surface area contributed by atoms with Crippen LogP contribution >= 0.6 is 48.0 Å². The number of nitrogens with one attached hydrogen (secondary N) is 1. The second-order valence-corrected chi connectivity index (χ2v) is 3.98. The lowest BCUT2D eigenvalue weighted by Gasteiger charge is -2.29. The van der Waals surface area contributed by atoms with Crippen LogP contribution < -0.4 is 16.0 Å². The molecular weight excluding hydrogens is 308 g/mol. The van der Waals surface area contributed by atoms with Crippen LogP contribution in [-0.4, -0.2) is 36.1 Å². The van der Waals surface area contributed by atoms with Gasteiger partial charge >= 0.3 is 0 Å². The number of aromatic nitrogens is 2. The number of nitrogens with zero attached hydrogens (tertiary/aromatic N) is 3. The minimum Gasteiger partial charge on any atom is -0.368 e. The molecule has 1 aromatic rings. The minimum atomic E-state index is 0. The van der Waals surface area contributed by atoms with E-state index in [9.17, 15) is 0 Å². The first-order valence-electron chi connectivity index (χ1n) is 4.62. The van der Waals surface area contributed by atoms with Gasteiger partial charge in [-0.15, -0.1) is 24.8 Å². The lowest BCUT2D eigenvalue weighted by atomic mass is 10.3. The molecule has 0 spiro atoms. The Morgan fingerprint density at radius 3 is 2.29 bits per heavy atom. The highest BCUT2D eigenvalue weighted by Crippen LogP contribution is 2.30. The van der Waals surface area contributed by atoms with Gasteiger partial charge in [0.2, 0.25) is 5.95 Å². The van der Waals surface area contributed by atoms with Gasteiger partial charge in [-0.2, -0.15) is 9.97 Å². The Labute approximate surface area is 122 Å². The molecule has 5 nitrogen and oxygen atoms in total. The normalized spacial score (nSPS) is 14.8. The van der Waals surface area contributed by atoms with Gasteiger partial charge in [0.15, 0.2) is 11.0 Å². The first-order chi connectivity index (χ1) is 7.18. The number of halogens is 4. The summed E-state index contributed by atoms with van der Waals surface area (Å²) in [5.74, 6) is 0.772. The molecule has 17 heavy (non-hydrogen) atoms. The van der Waals surface area contributed by atoms with E-state index in [0.717, 1.165) is 26.2 Å². The number of piperazine rings is 1. The maximum atomic E-state index is 6.02. The Bertz CT molecular complexity index is 369. The van der Waals surface area contributed by atoms with E-state index in [4.69, 9.17) is 28.9 Å². The molecule has 0 aliphatic carbocycles. The predicted molar refractivity (Wildman–Crippen MR) is 76.0 cm³/mol. The summed E-state index contributed by atoms with van der Waals surface area (Å²) < 4.78 is 0. The van der Waals surface area contributed by atoms with E-state index in [2.05, 4.69) is 15.3 Å². The number of nitrogens with two attached hydrogens (primary N) is 1. The number of nitrogen functional groups attached to an aromatic ring is 1. The maximum absolute atomic E-state index is 6.02. The van der Waals surface area contributed by atoms with Crippen molar-refractivity contribution in [3.8, 4) is 0 Å². The second-order valence-electron chi connectivity index (χ2n) is 3.25. The van der Waals surface area contributed by atoms with E-state index < -0.39 is 0 Å². The Hall–Kier alpha value is -0.200. The first-order valence-corrected chi connectivity index (χ1v) is 5.38. The van der Waals surface area contributed by atoms with Crippen LogP contribution in [0.25, 0.3) is 0 Å². The molecule has 9 heteroatoms. The van der Waals surface area contributed by atoms with E-state index in [0.29, 0.717) is 10.8 Å². The molecule has 0 amide bonds. The average Bonchev–Trinajstić information content (AvgIpc) is 2.24. The summed E-state index contributed by atoms with van der Waals surface area (Å²) in [5.41, 5.74) is 5.53. The van der Waals surface area contributed by atoms with Gasteiger partial charge in [-0.25, -0.2) is 0 Å². The summed E-state index contributed by atoms with van der Waals surface area (Å²) in [6.07, 6.45) is 0. The first kappa shape index (κ1) is 16.8. The predicted octanol–water partition coefficient (Wildman–Crippen LogP) is 1.62. The summed E-state index contributed by atoms with van der Waals surface area (Å²) in [7, 11) is 0. The summed E-state index contributed by atoms with van der Waals surface area (Å²) >= 11 is 11.9. The van der Waals surface area contributed by atoms with Gasteiger partial charge in [-0.1, -0.05) is 23.2 Å². The highest BCUT2D eigenvalue weighted by Gasteiger charge is 2.18. The third-order valence-electron chi connectivity index (χ3n) is 2.23. The number of anilines is 2. The van der Waals surface area contributed by atoms with Crippen molar-refractivity contribution < 1.29 is 0 Å². The van der Waals surface area contributed by atoms with Crippen LogP contribution in [0.3, 0.4) is 0 Å². The molecule has 0 atom stereocenters. The Morgan fingerprint density at radius 2 is 1.71 bits per heavy atom. The third kappa shape index (κ3) is 3.89. The van der Waals surface area contributed by atoms with Gasteiger partial charge in [-0.3, -0.25) is 0 Å². The minimum absolute atomic E-state index is 0. The lowest BCUT2D eigenvalue weighted by molar-refractivity contribution is 0.585. The van der Waals surface area contributed by atoms with Gasteiger partial charge in [0.05, 0.1) is 0 Å². The van der Waals surface area contributed by atoms with Gasteiger partial charge in [0.25, 0.3) is 0 Å². The van der Waals surface area contributed by atoms with Gasteiger partial charge in [0.1, 0.15) is 5.02 Å². The fourth-order valence-electron chi connectivity index (χ4n) is 1.51. The fraction of sp³-hybridized carbons (Fsp3) is 0.500. The Morgan fingerprint density at radius 1 is 1.12 bits per heavy atom. The van der Waals surface area contributed by atoms with Crippen molar-refractivity contribution in [3.05, 3.63) is 10.2 Å². The van der Waals surface area contributed by atoms with E-state index in [1.54, 1.807) is 0 Å². The summed E-state index contributed by atoms with van der Waals surface area (Å²) in [5, 5.41) is 3.82. The van der Waals surface area contributed by atoms with Crippen molar-refractivity contribution in [1.29, 1.82) is 0 Å². The molecule has 3 N–H and O–H groups in total. The number of rotatable bonds is 1. The van der Waals surface area contributed by atoms with Crippen molar-refractivity contribution >= 4 is 59.8 Å². The molecule has 0 bridgehead atoms. The monoisotopic (exact) mass is 319 g/mol. The highest BCUT2D eigenvalue weighted by molar-refractivity contribution is 6.42. The van der Waals surface area contributed by atoms with Gasteiger partial charge < -0.3 is 16.0 Å². The van der Waals surface area contributed by atoms with E-state index in [-0.39, 0.29) is 35.9 Å². The van der Waals surface area contributed by atoms with Crippen LogP contribution in [0.1, 0.15) is 0 Å². The second kappa shape index (κ2) is 7.28. The Balaban J connectivity index is 0.00000128. The maximum Gasteiger partial charge on any atom is 0.223 e. The molecule has 1 aliphatic heterocycles. The number of hydrogen-bond acceptors (Lipinski definition) is 5. The average molecular weight is 321 g/mol. The van der Waals surface area contributed by atoms with Crippen molar-refractivity contribution in [2.24, 2.45) is 0 Å². The molecule has 1 fully saturated rings. The van der Waals surface area contributed by atoms with Crippen molar-refractivity contribution in [2.75, 3.05) is 36.8 Å². The molecule has 1 aromatic heterocycles. The van der Waals surface area contributed by atoms with Gasteiger partial charge in [0, 0.05) is 26.2 Å². The highest BCUT2D eigenvalue weighted by atomic mass is 35.5. The fourth-order valence-corrected chi connectivity index (χ4v) is 1.89. The molecule has 0 saturated carbocycles. The molecule has 0 unspecified atom stereocenters. The summed E-state index contributed by atoms with van der Waals surface area (Å²) in [4.78, 5) is 9.94. The summed E-state index contributed by atoms with van der Waals surface area (Å²) in [6.45, 7) is 3.48. The van der Waals surface area contributed by atoms with Crippen LogP contribution in [0.2, 0.25) is 10.2 Å². The molecule has 2 heterocycles. The van der Waals surface area contributed by atoms with Crippen LogP contribution in [0.4, 0.5) is 11.8 Å². The van der Waals surface area contributed by atoms with Gasteiger partial charge in [-0.05, 0) is 0 Å². The largest absolute Gasteiger partial charge is 0.368 e. The molecule has 1 saturated heterocycles. The standard InChI is InChI=1S/C8H11Cl2N5.2ClH/c9-5-6(10)13-8(11)14-7(5)15-3-1-12-2-4-15;;/h12H,1-4H2,(H2,11,13,14);2*1H. The molecule has 1 aliphatic rings. The van der Waals surface area contributed by atoms with E-state index in [1.165, 1.54) is 0 Å². The van der Waals surface area contributed by atoms with Crippen molar-refractivity contribution in [1.82, 2.24) is 15.3 Å². The van der Waals surface area contributed by atoms with Crippen LogP contribution in [0.15, 0.2) is 0 Å². The SMILES string of the molecule is Cl.Cl.Nc1nc(Cl)c(Cl)c(N2CCNCC2)n1. The van der Waals surface area contributed by atoms with Crippen LogP contribution in [0.5, 0.6) is 0 Å². The molecule has 0 radical (unpaired) electrons. The molecular formula is C8H13Cl4N5. The zero-order valence-electron chi connectivity index (χ0n) is 8.82. The lowest BCUT2D eigenvalue weighted by Crippen LogP contribution is -2.44. The molecule has 98 valence electrons. The quantitative estimate of drug-likeness (QED) is 0.770. The smallest absolute Gasteiger partial charge is 0.223 e. The number of hydrogen-bond donors (Lipinski definition) is 2. The third-order valence-corrected chi connectivity index (χ3v) is 2.95. The molecule has 2 rings (SSSR count). The van der Waals surface area contributed by atoms with Crippen molar-refractivity contribution in [2.45, 2.75) is 0 Å². The van der Waals surface area contributed by atoms with E-state index >= 15 is 0 Å². The zero-order chi connectivity index (χ0) is 10.8. The summed E-state index contributed by atoms with van der Waals surface area (Å²) in [6, 6.07) is 0. The Kier molecular flexibility index (Phi) is 7.20.